The zero-order valence-electron chi connectivity index (χ0n) is 15.3. The highest BCUT2D eigenvalue weighted by Crippen LogP contribution is 2.21. The van der Waals surface area contributed by atoms with E-state index in [9.17, 15) is 14.7 Å². The second kappa shape index (κ2) is 11.0. The Labute approximate surface area is 150 Å². The molecule has 0 aliphatic heterocycles. The molecule has 0 radical (unpaired) electrons. The van der Waals surface area contributed by atoms with Gasteiger partial charge in [-0.1, -0.05) is 24.6 Å². The lowest BCUT2D eigenvalue weighted by atomic mass is 9.99. The minimum atomic E-state index is -2.25. The number of hydrogen-bond acceptors (Lipinski definition) is 4. The van der Waals surface area contributed by atoms with Gasteiger partial charge in [0.2, 0.25) is 5.91 Å². The molecule has 1 amide bonds. The highest BCUT2D eigenvalue weighted by molar-refractivity contribution is 6.66. The maximum Gasteiger partial charge on any atom is 0.334 e. The smallest absolute Gasteiger partial charge is 0.334 e. The van der Waals surface area contributed by atoms with E-state index in [1.54, 1.807) is 12.1 Å². The van der Waals surface area contributed by atoms with E-state index in [0.29, 0.717) is 31.7 Å². The molecule has 1 unspecified atom stereocenters. The third kappa shape index (κ3) is 8.29. The average Bonchev–Trinajstić information content (AvgIpc) is 2.55. The summed E-state index contributed by atoms with van der Waals surface area (Å²) in [7, 11) is -2.25. The van der Waals surface area contributed by atoms with Crippen molar-refractivity contribution in [1.29, 1.82) is 0 Å². The summed E-state index contributed by atoms with van der Waals surface area (Å²) in [6, 6.07) is 9.75. The number of carboxylic acids is 1. The van der Waals surface area contributed by atoms with Crippen LogP contribution in [-0.4, -0.2) is 38.8 Å². The number of rotatable bonds is 12. The van der Waals surface area contributed by atoms with Gasteiger partial charge in [0.15, 0.2) is 0 Å². The summed E-state index contributed by atoms with van der Waals surface area (Å²) in [5, 5.41) is 12.1. The molecule has 1 atom stereocenters. The SMILES string of the molecule is CCO[Si](C)(CCCC(CC(=O)Nc1ccccc1)C(=O)O)OCC. The van der Waals surface area contributed by atoms with Gasteiger partial charge in [0, 0.05) is 25.3 Å². The molecule has 140 valence electrons. The molecule has 1 aromatic carbocycles. The Balaban J connectivity index is 2.51. The lowest BCUT2D eigenvalue weighted by Crippen LogP contribution is -2.38. The van der Waals surface area contributed by atoms with Gasteiger partial charge in [0.1, 0.15) is 0 Å². The van der Waals surface area contributed by atoms with Crippen molar-refractivity contribution in [2.24, 2.45) is 5.92 Å². The van der Waals surface area contributed by atoms with E-state index in [1.165, 1.54) is 0 Å². The highest BCUT2D eigenvalue weighted by Gasteiger charge is 2.31. The van der Waals surface area contributed by atoms with Gasteiger partial charge in [-0.05, 0) is 45.0 Å². The lowest BCUT2D eigenvalue weighted by molar-refractivity contribution is -0.143. The number of hydrogen-bond donors (Lipinski definition) is 2. The Bertz CT molecular complexity index is 532. The first kappa shape index (κ1) is 21.3. The van der Waals surface area contributed by atoms with Crippen LogP contribution in [0.15, 0.2) is 30.3 Å². The Hall–Kier alpha value is -1.70. The van der Waals surface area contributed by atoms with E-state index in [-0.39, 0.29) is 12.3 Å². The first-order valence-corrected chi connectivity index (χ1v) is 11.3. The molecular weight excluding hydrogens is 338 g/mol. The zero-order valence-corrected chi connectivity index (χ0v) is 16.3. The van der Waals surface area contributed by atoms with Crippen LogP contribution in [0.1, 0.15) is 33.1 Å². The molecule has 0 spiro atoms. The molecular formula is C18H29NO5Si. The van der Waals surface area contributed by atoms with Crippen LogP contribution in [0.25, 0.3) is 0 Å². The van der Waals surface area contributed by atoms with E-state index in [4.69, 9.17) is 8.85 Å². The Morgan fingerprint density at radius 2 is 1.76 bits per heavy atom. The van der Waals surface area contributed by atoms with Gasteiger partial charge in [0.25, 0.3) is 0 Å². The summed E-state index contributed by atoms with van der Waals surface area (Å²) in [6.45, 7) is 7.03. The number of anilines is 1. The van der Waals surface area contributed by atoms with Crippen LogP contribution < -0.4 is 5.32 Å². The summed E-state index contributed by atoms with van der Waals surface area (Å²) in [5.41, 5.74) is 0.671. The summed E-state index contributed by atoms with van der Waals surface area (Å²) in [6.07, 6.45) is 1.06. The predicted octanol–water partition coefficient (Wildman–Crippen LogP) is 3.64. The van der Waals surface area contributed by atoms with Gasteiger partial charge < -0.3 is 19.3 Å². The molecule has 0 heterocycles. The lowest BCUT2D eigenvalue weighted by Gasteiger charge is -2.26. The van der Waals surface area contributed by atoms with Crippen molar-refractivity contribution in [2.75, 3.05) is 18.5 Å². The van der Waals surface area contributed by atoms with Crippen molar-refractivity contribution < 1.29 is 23.5 Å². The first-order chi connectivity index (χ1) is 11.9. The van der Waals surface area contributed by atoms with E-state index in [2.05, 4.69) is 5.32 Å². The average molecular weight is 368 g/mol. The Morgan fingerprint density at radius 3 is 2.28 bits per heavy atom. The number of aliphatic carboxylic acids is 1. The van der Waals surface area contributed by atoms with Crippen molar-refractivity contribution >= 4 is 26.1 Å². The number of para-hydroxylation sites is 1. The molecule has 0 aliphatic carbocycles. The predicted molar refractivity (Wildman–Crippen MR) is 99.7 cm³/mol. The minimum absolute atomic E-state index is 0.0359. The van der Waals surface area contributed by atoms with Gasteiger partial charge in [-0.15, -0.1) is 0 Å². The van der Waals surface area contributed by atoms with Gasteiger partial charge in [0.05, 0.1) is 5.92 Å². The standard InChI is InChI=1S/C18H29NO5Si/c1-4-23-25(3,24-5-2)13-9-10-15(18(21)22)14-17(20)19-16-11-7-6-8-12-16/h6-8,11-12,15H,4-5,9-10,13-14H2,1-3H3,(H,19,20)(H,21,22). The molecule has 0 saturated carbocycles. The fraction of sp³-hybridized carbons (Fsp3) is 0.556. The number of amides is 1. The van der Waals surface area contributed by atoms with E-state index >= 15 is 0 Å². The van der Waals surface area contributed by atoms with Crippen LogP contribution in [0.4, 0.5) is 5.69 Å². The fourth-order valence-corrected chi connectivity index (χ4v) is 5.18. The normalized spacial score (nSPS) is 12.6. The number of carboxylic acid groups (broad SMARTS) is 1. The summed E-state index contributed by atoms with van der Waals surface area (Å²) in [5.74, 6) is -1.93. The first-order valence-electron chi connectivity index (χ1n) is 8.75. The summed E-state index contributed by atoms with van der Waals surface area (Å²) < 4.78 is 11.5. The third-order valence-electron chi connectivity index (χ3n) is 3.92. The Kier molecular flexibility index (Phi) is 9.40. The zero-order chi connectivity index (χ0) is 18.7. The summed E-state index contributed by atoms with van der Waals surface area (Å²) in [4.78, 5) is 23.5. The minimum Gasteiger partial charge on any atom is -0.481 e. The van der Waals surface area contributed by atoms with E-state index < -0.39 is 20.4 Å². The maximum atomic E-state index is 12.1. The molecule has 0 fully saturated rings. The molecule has 0 aromatic heterocycles. The molecule has 0 saturated heterocycles. The molecule has 6 nitrogen and oxygen atoms in total. The number of nitrogens with one attached hydrogen (secondary N) is 1. The van der Waals surface area contributed by atoms with Crippen molar-refractivity contribution in [2.45, 2.75) is 45.7 Å². The van der Waals surface area contributed by atoms with E-state index in [1.807, 2.05) is 38.6 Å². The van der Waals surface area contributed by atoms with Gasteiger partial charge >= 0.3 is 14.5 Å². The largest absolute Gasteiger partial charge is 0.481 e. The number of carbonyl (C=O) groups excluding carboxylic acids is 1. The van der Waals surface area contributed by atoms with Gasteiger partial charge in [-0.3, -0.25) is 9.59 Å². The second-order valence-electron chi connectivity index (χ2n) is 6.05. The van der Waals surface area contributed by atoms with Crippen molar-refractivity contribution in [3.05, 3.63) is 30.3 Å². The highest BCUT2D eigenvalue weighted by atomic mass is 28.4. The fourth-order valence-electron chi connectivity index (χ4n) is 2.74. The number of carbonyl (C=O) groups is 2. The third-order valence-corrected chi connectivity index (χ3v) is 6.98. The molecule has 25 heavy (non-hydrogen) atoms. The molecule has 1 rings (SSSR count). The summed E-state index contributed by atoms with van der Waals surface area (Å²) >= 11 is 0. The van der Waals surface area contributed by atoms with Crippen molar-refractivity contribution in [3.8, 4) is 0 Å². The Morgan fingerprint density at radius 1 is 1.16 bits per heavy atom. The topological polar surface area (TPSA) is 84.9 Å². The van der Waals surface area contributed by atoms with Crippen LogP contribution in [0.2, 0.25) is 12.6 Å². The van der Waals surface area contributed by atoms with E-state index in [0.717, 1.165) is 6.04 Å². The molecule has 0 aliphatic rings. The number of benzene rings is 1. The van der Waals surface area contributed by atoms with Gasteiger partial charge in [-0.25, -0.2) is 0 Å². The van der Waals surface area contributed by atoms with Crippen LogP contribution >= 0.6 is 0 Å². The monoisotopic (exact) mass is 367 g/mol. The molecule has 0 bridgehead atoms. The van der Waals surface area contributed by atoms with Crippen LogP contribution in [0.5, 0.6) is 0 Å². The molecule has 1 aromatic rings. The molecule has 7 heteroatoms. The quantitative estimate of drug-likeness (QED) is 0.551. The van der Waals surface area contributed by atoms with Gasteiger partial charge in [-0.2, -0.15) is 0 Å². The molecule has 2 N–H and O–H groups in total. The second-order valence-corrected chi connectivity index (χ2v) is 9.39. The van der Waals surface area contributed by atoms with Crippen molar-refractivity contribution in [3.63, 3.8) is 0 Å². The van der Waals surface area contributed by atoms with Crippen molar-refractivity contribution in [1.82, 2.24) is 0 Å². The van der Waals surface area contributed by atoms with Crippen LogP contribution in [0, 0.1) is 5.92 Å². The van der Waals surface area contributed by atoms with Crippen LogP contribution in [-0.2, 0) is 18.4 Å². The maximum absolute atomic E-state index is 12.1. The van der Waals surface area contributed by atoms with Crippen LogP contribution in [0.3, 0.4) is 0 Å².